The Balaban J connectivity index is 1.80. The van der Waals surface area contributed by atoms with Gasteiger partial charge in [0.25, 0.3) is 0 Å². The van der Waals surface area contributed by atoms with Crippen LogP contribution in [0.3, 0.4) is 0 Å². The highest BCUT2D eigenvalue weighted by atomic mass is 16.7. The van der Waals surface area contributed by atoms with Crippen LogP contribution in [-0.4, -0.2) is 53.6 Å². The highest BCUT2D eigenvalue weighted by Crippen LogP contribution is 2.34. The molecule has 2 fully saturated rings. The van der Waals surface area contributed by atoms with Gasteiger partial charge in [-0.25, -0.2) is 0 Å². The van der Waals surface area contributed by atoms with E-state index in [1.807, 2.05) is 6.92 Å². The molecule has 2 saturated heterocycles. The molecule has 0 aromatic carbocycles. The first-order valence-corrected chi connectivity index (χ1v) is 8.15. The number of carboxylic acid groups (broad SMARTS) is 1. The van der Waals surface area contributed by atoms with Crippen LogP contribution in [0.5, 0.6) is 0 Å². The topological polar surface area (TPSA) is 59.0 Å². The molecule has 3 atom stereocenters. The van der Waals surface area contributed by atoms with Crippen molar-refractivity contribution in [2.75, 3.05) is 19.7 Å². The molecular weight excluding hydrogens is 270 g/mol. The van der Waals surface area contributed by atoms with Crippen LogP contribution in [0.25, 0.3) is 0 Å². The molecule has 0 amide bonds. The van der Waals surface area contributed by atoms with Crippen molar-refractivity contribution < 1.29 is 19.4 Å². The smallest absolute Gasteiger partial charge is 0.303 e. The van der Waals surface area contributed by atoms with Crippen molar-refractivity contribution in [3.8, 4) is 0 Å². The fourth-order valence-electron chi connectivity index (χ4n) is 3.48. The molecular formula is C16H29NO4. The molecule has 2 heterocycles. The molecule has 0 saturated carbocycles. The molecule has 1 N–H and O–H groups in total. The fourth-order valence-corrected chi connectivity index (χ4v) is 3.48. The maximum Gasteiger partial charge on any atom is 0.303 e. The number of nitrogens with zero attached hydrogens (tertiary/aromatic N) is 1. The average molecular weight is 299 g/mol. The van der Waals surface area contributed by atoms with Crippen molar-refractivity contribution in [1.82, 2.24) is 4.90 Å². The van der Waals surface area contributed by atoms with Crippen LogP contribution in [0.4, 0.5) is 0 Å². The monoisotopic (exact) mass is 299 g/mol. The van der Waals surface area contributed by atoms with Crippen molar-refractivity contribution in [3.63, 3.8) is 0 Å². The highest BCUT2D eigenvalue weighted by molar-refractivity contribution is 5.66. The van der Waals surface area contributed by atoms with E-state index in [4.69, 9.17) is 14.6 Å². The van der Waals surface area contributed by atoms with Gasteiger partial charge in [0.2, 0.25) is 0 Å². The predicted octanol–water partition coefficient (Wildman–Crippen LogP) is 2.49. The van der Waals surface area contributed by atoms with E-state index in [-0.39, 0.29) is 12.5 Å². The van der Waals surface area contributed by atoms with E-state index in [1.165, 1.54) is 19.4 Å². The summed E-state index contributed by atoms with van der Waals surface area (Å²) in [5.41, 5.74) is 0. The summed E-state index contributed by atoms with van der Waals surface area (Å²) >= 11 is 0. The molecule has 2 rings (SSSR count). The van der Waals surface area contributed by atoms with Gasteiger partial charge in [-0.2, -0.15) is 0 Å². The number of piperidine rings is 1. The SMILES string of the molecule is CC(C)N1CCCC(CC2(C)OCC(CCC(=O)O)O2)C1. The molecule has 5 nitrogen and oxygen atoms in total. The van der Waals surface area contributed by atoms with Crippen molar-refractivity contribution in [3.05, 3.63) is 0 Å². The van der Waals surface area contributed by atoms with Gasteiger partial charge in [-0.3, -0.25) is 4.79 Å². The Morgan fingerprint density at radius 2 is 2.24 bits per heavy atom. The second kappa shape index (κ2) is 7.07. The van der Waals surface area contributed by atoms with Crippen LogP contribution >= 0.6 is 0 Å². The number of aliphatic carboxylic acids is 1. The Morgan fingerprint density at radius 3 is 2.90 bits per heavy atom. The maximum absolute atomic E-state index is 10.6. The van der Waals surface area contributed by atoms with E-state index in [0.717, 1.165) is 13.0 Å². The number of likely N-dealkylation sites (tertiary alicyclic amines) is 1. The largest absolute Gasteiger partial charge is 0.481 e. The summed E-state index contributed by atoms with van der Waals surface area (Å²) in [6, 6.07) is 0.592. The molecule has 0 bridgehead atoms. The van der Waals surface area contributed by atoms with Gasteiger partial charge >= 0.3 is 5.97 Å². The number of carboxylic acids is 1. The Labute approximate surface area is 127 Å². The van der Waals surface area contributed by atoms with Gasteiger partial charge in [0.15, 0.2) is 5.79 Å². The molecule has 0 aliphatic carbocycles. The zero-order valence-electron chi connectivity index (χ0n) is 13.5. The molecule has 2 aliphatic heterocycles. The normalized spacial score (nSPS) is 34.5. The summed E-state index contributed by atoms with van der Waals surface area (Å²) in [7, 11) is 0. The highest BCUT2D eigenvalue weighted by Gasteiger charge is 2.39. The van der Waals surface area contributed by atoms with Gasteiger partial charge < -0.3 is 19.5 Å². The van der Waals surface area contributed by atoms with E-state index in [2.05, 4.69) is 18.7 Å². The third-order valence-corrected chi connectivity index (χ3v) is 4.61. The summed E-state index contributed by atoms with van der Waals surface area (Å²) in [5, 5.41) is 8.74. The van der Waals surface area contributed by atoms with Crippen molar-refractivity contribution in [2.24, 2.45) is 5.92 Å². The van der Waals surface area contributed by atoms with Crippen LogP contribution < -0.4 is 0 Å². The quantitative estimate of drug-likeness (QED) is 0.816. The lowest BCUT2D eigenvalue weighted by atomic mass is 9.90. The van der Waals surface area contributed by atoms with Crippen molar-refractivity contribution in [1.29, 1.82) is 0 Å². The molecule has 2 aliphatic rings. The number of carbonyl (C=O) groups is 1. The molecule has 122 valence electrons. The van der Waals surface area contributed by atoms with Crippen molar-refractivity contribution >= 4 is 5.97 Å². The van der Waals surface area contributed by atoms with E-state index < -0.39 is 11.8 Å². The van der Waals surface area contributed by atoms with Crippen LogP contribution in [0, 0.1) is 5.92 Å². The van der Waals surface area contributed by atoms with Gasteiger partial charge in [-0.05, 0) is 52.5 Å². The zero-order valence-corrected chi connectivity index (χ0v) is 13.5. The van der Waals surface area contributed by atoms with Crippen LogP contribution in [0.15, 0.2) is 0 Å². The van der Waals surface area contributed by atoms with Gasteiger partial charge in [0.05, 0.1) is 12.7 Å². The predicted molar refractivity (Wildman–Crippen MR) is 80.1 cm³/mol. The average Bonchev–Trinajstić information content (AvgIpc) is 2.78. The molecule has 5 heteroatoms. The molecule has 0 aromatic rings. The first-order valence-electron chi connectivity index (χ1n) is 8.15. The summed E-state index contributed by atoms with van der Waals surface area (Å²) in [5.74, 6) is -0.704. The van der Waals surface area contributed by atoms with Gasteiger partial charge in [-0.1, -0.05) is 0 Å². The minimum atomic E-state index is -0.771. The molecule has 0 aromatic heterocycles. The maximum atomic E-state index is 10.6. The zero-order chi connectivity index (χ0) is 15.5. The minimum absolute atomic E-state index is 0.0732. The van der Waals surface area contributed by atoms with E-state index >= 15 is 0 Å². The standard InChI is InChI=1S/C16H29NO4/c1-12(2)17-8-4-5-13(10-17)9-16(3)20-11-14(21-16)6-7-15(18)19/h12-14H,4-11H2,1-3H3,(H,18,19). The Kier molecular flexibility index (Phi) is 5.63. The Morgan fingerprint density at radius 1 is 1.48 bits per heavy atom. The molecule has 3 unspecified atom stereocenters. The van der Waals surface area contributed by atoms with E-state index in [0.29, 0.717) is 25.0 Å². The van der Waals surface area contributed by atoms with Gasteiger partial charge in [0.1, 0.15) is 0 Å². The number of hydrogen-bond acceptors (Lipinski definition) is 4. The minimum Gasteiger partial charge on any atom is -0.481 e. The summed E-state index contributed by atoms with van der Waals surface area (Å²) in [6.07, 6.45) is 3.98. The van der Waals surface area contributed by atoms with Gasteiger partial charge in [-0.15, -0.1) is 0 Å². The molecule has 0 radical (unpaired) electrons. The van der Waals surface area contributed by atoms with Crippen molar-refractivity contribution in [2.45, 2.75) is 70.8 Å². The molecule has 21 heavy (non-hydrogen) atoms. The number of rotatable bonds is 6. The lowest BCUT2D eigenvalue weighted by molar-refractivity contribution is -0.170. The second-order valence-electron chi connectivity index (χ2n) is 6.92. The van der Waals surface area contributed by atoms with Crippen LogP contribution in [0.1, 0.15) is 52.9 Å². The summed E-state index contributed by atoms with van der Waals surface area (Å²) < 4.78 is 11.8. The number of ether oxygens (including phenoxy) is 2. The van der Waals surface area contributed by atoms with Gasteiger partial charge in [0, 0.05) is 25.4 Å². The third-order valence-electron chi connectivity index (χ3n) is 4.61. The first kappa shape index (κ1) is 16.7. The fraction of sp³-hybridized carbons (Fsp3) is 0.938. The Hall–Kier alpha value is -0.650. The van der Waals surface area contributed by atoms with E-state index in [9.17, 15) is 4.79 Å². The molecule has 0 spiro atoms. The number of hydrogen-bond donors (Lipinski definition) is 1. The van der Waals surface area contributed by atoms with Crippen LogP contribution in [-0.2, 0) is 14.3 Å². The summed E-state index contributed by atoms with van der Waals surface area (Å²) in [4.78, 5) is 13.2. The lowest BCUT2D eigenvalue weighted by Gasteiger charge is -2.38. The van der Waals surface area contributed by atoms with Crippen LogP contribution in [0.2, 0.25) is 0 Å². The summed E-state index contributed by atoms with van der Waals surface area (Å²) in [6.45, 7) is 9.31. The lowest BCUT2D eigenvalue weighted by Crippen LogP contribution is -2.42. The second-order valence-corrected chi connectivity index (χ2v) is 6.92. The first-order chi connectivity index (χ1) is 9.88. The van der Waals surface area contributed by atoms with E-state index in [1.54, 1.807) is 0 Å². The Bertz CT molecular complexity index is 360. The third kappa shape index (κ3) is 4.94.